The molecule has 358 valence electrons. The van der Waals surface area contributed by atoms with Gasteiger partial charge in [0.2, 0.25) is 0 Å². The molecule has 0 aliphatic heterocycles. The first-order chi connectivity index (χ1) is 38.2. The maximum absolute atomic E-state index is 6.69. The van der Waals surface area contributed by atoms with Crippen LogP contribution in [-0.2, 0) is 10.8 Å². The summed E-state index contributed by atoms with van der Waals surface area (Å²) in [5, 5.41) is 4.58. The maximum Gasteiger partial charge on any atom is 0.137 e. The third-order valence-corrected chi connectivity index (χ3v) is 17.5. The minimum atomic E-state index is -0.551. The summed E-state index contributed by atoms with van der Waals surface area (Å²) in [4.78, 5) is 2.46. The molecule has 2 aromatic heterocycles. The lowest BCUT2D eigenvalue weighted by Crippen LogP contribution is -2.28. The van der Waals surface area contributed by atoms with Gasteiger partial charge in [0, 0.05) is 50.4 Å². The lowest BCUT2D eigenvalue weighted by Gasteiger charge is -2.34. The van der Waals surface area contributed by atoms with Gasteiger partial charge in [0.1, 0.15) is 11.2 Å². The molecule has 14 aromatic rings. The second-order valence-electron chi connectivity index (χ2n) is 21.0. The molecule has 0 unspecified atom stereocenters. The van der Waals surface area contributed by atoms with Gasteiger partial charge in [-0.25, -0.2) is 0 Å². The first kappa shape index (κ1) is 42.4. The zero-order chi connectivity index (χ0) is 50.4. The van der Waals surface area contributed by atoms with Gasteiger partial charge >= 0.3 is 0 Å². The van der Waals surface area contributed by atoms with Crippen LogP contribution in [0.2, 0.25) is 0 Å². The van der Waals surface area contributed by atoms with E-state index in [1.54, 1.807) is 0 Å². The van der Waals surface area contributed by atoms with Crippen molar-refractivity contribution in [1.82, 2.24) is 4.57 Å². The third-order valence-electron chi connectivity index (χ3n) is 17.5. The third kappa shape index (κ3) is 5.59. The summed E-state index contributed by atoms with van der Waals surface area (Å²) in [6, 6.07) is 104. The van der Waals surface area contributed by atoms with Crippen LogP contribution in [0.1, 0.15) is 44.5 Å². The van der Waals surface area contributed by atoms with Gasteiger partial charge in [-0.15, -0.1) is 0 Å². The number of hydrogen-bond donors (Lipinski definition) is 0. The molecule has 3 nitrogen and oxygen atoms in total. The molecule has 0 radical (unpaired) electrons. The minimum Gasteiger partial charge on any atom is -0.456 e. The summed E-state index contributed by atoms with van der Waals surface area (Å²) >= 11 is 0. The Hall–Kier alpha value is -9.96. The Balaban J connectivity index is 0.945. The van der Waals surface area contributed by atoms with Crippen molar-refractivity contribution in [2.45, 2.75) is 10.8 Å². The number of benzene rings is 12. The second-order valence-corrected chi connectivity index (χ2v) is 21.0. The molecule has 2 heterocycles. The summed E-state index contributed by atoms with van der Waals surface area (Å²) in [5.41, 5.74) is 25.3. The standard InChI is InChI=1S/C74H46N2O/c1-3-19-47(20-4-1)73(63-29-13-7-23-53(63)54-24-8-14-30-64(54)73)48-35-41-69-61(43-48)62-44-50(38-42-70(62)76(69)49-21-5-2-6-22-49)75(52-37-40-60-59-28-12-18-34-71(59)77-72(60)46-52)51-36-39-58-57-27-11-17-33-67(57)74(68(58)45-51)65-31-15-9-25-55(65)56-26-10-16-32-66(56)74/h1-46H. The van der Waals surface area contributed by atoms with Crippen molar-refractivity contribution >= 4 is 60.8 Å². The highest BCUT2D eigenvalue weighted by Crippen LogP contribution is 2.64. The Kier molecular flexibility index (Phi) is 8.69. The number of nitrogens with zero attached hydrogens (tertiary/aromatic N) is 2. The highest BCUT2D eigenvalue weighted by Gasteiger charge is 2.52. The molecule has 0 saturated heterocycles. The van der Waals surface area contributed by atoms with Crippen LogP contribution in [0.4, 0.5) is 17.1 Å². The largest absolute Gasteiger partial charge is 0.456 e. The van der Waals surface area contributed by atoms with Crippen LogP contribution in [0, 0.1) is 0 Å². The van der Waals surface area contributed by atoms with E-state index in [0.717, 1.165) is 55.7 Å². The molecule has 17 rings (SSSR count). The summed E-state index contributed by atoms with van der Waals surface area (Å²) < 4.78 is 9.14. The molecule has 12 aromatic carbocycles. The zero-order valence-electron chi connectivity index (χ0n) is 41.9. The average Bonchev–Trinajstić information content (AvgIpc) is 4.45. The fourth-order valence-electron chi connectivity index (χ4n) is 14.5. The van der Waals surface area contributed by atoms with E-state index in [4.69, 9.17) is 4.42 Å². The van der Waals surface area contributed by atoms with E-state index in [1.807, 2.05) is 6.07 Å². The van der Waals surface area contributed by atoms with Gasteiger partial charge in [-0.2, -0.15) is 0 Å². The number of fused-ring (bicyclic) bond motifs is 19. The lowest BCUT2D eigenvalue weighted by molar-refractivity contribution is 0.669. The Morgan fingerprint density at radius 1 is 0.273 bits per heavy atom. The van der Waals surface area contributed by atoms with Gasteiger partial charge in [-0.05, 0) is 151 Å². The Bertz CT molecular complexity index is 4660. The lowest BCUT2D eigenvalue weighted by atomic mass is 9.67. The number of hydrogen-bond acceptors (Lipinski definition) is 2. The normalized spacial score (nSPS) is 13.9. The van der Waals surface area contributed by atoms with Crippen LogP contribution in [0.5, 0.6) is 0 Å². The van der Waals surface area contributed by atoms with Gasteiger partial charge in [-0.1, -0.05) is 200 Å². The average molecular weight is 979 g/mol. The van der Waals surface area contributed by atoms with E-state index in [0.29, 0.717) is 0 Å². The molecular weight excluding hydrogens is 933 g/mol. The number of aromatic nitrogens is 1. The molecular formula is C74H46N2O. The monoisotopic (exact) mass is 978 g/mol. The van der Waals surface area contributed by atoms with Crippen LogP contribution < -0.4 is 4.90 Å². The highest BCUT2D eigenvalue weighted by atomic mass is 16.3. The van der Waals surface area contributed by atoms with E-state index in [9.17, 15) is 0 Å². The van der Waals surface area contributed by atoms with Crippen molar-refractivity contribution in [2.24, 2.45) is 0 Å². The van der Waals surface area contributed by atoms with Crippen LogP contribution in [0.15, 0.2) is 283 Å². The van der Waals surface area contributed by atoms with E-state index in [-0.39, 0.29) is 0 Å². The zero-order valence-corrected chi connectivity index (χ0v) is 41.9. The van der Waals surface area contributed by atoms with E-state index < -0.39 is 10.8 Å². The van der Waals surface area contributed by atoms with E-state index in [1.165, 1.54) is 88.7 Å². The molecule has 0 atom stereocenters. The Labute approximate surface area is 445 Å². The van der Waals surface area contributed by atoms with Crippen molar-refractivity contribution in [1.29, 1.82) is 0 Å². The smallest absolute Gasteiger partial charge is 0.137 e. The van der Waals surface area contributed by atoms with E-state index in [2.05, 4.69) is 282 Å². The number of para-hydroxylation sites is 2. The summed E-state index contributed by atoms with van der Waals surface area (Å²) in [5.74, 6) is 0. The van der Waals surface area contributed by atoms with Crippen LogP contribution in [0.25, 0.3) is 82.8 Å². The van der Waals surface area contributed by atoms with Crippen molar-refractivity contribution < 1.29 is 4.42 Å². The van der Waals surface area contributed by atoms with Gasteiger partial charge in [-0.3, -0.25) is 0 Å². The molecule has 0 bridgehead atoms. The second kappa shape index (κ2) is 15.8. The predicted molar refractivity (Wildman–Crippen MR) is 316 cm³/mol. The predicted octanol–water partition coefficient (Wildman–Crippen LogP) is 18.9. The summed E-state index contributed by atoms with van der Waals surface area (Å²) in [7, 11) is 0. The number of rotatable bonds is 6. The molecule has 77 heavy (non-hydrogen) atoms. The summed E-state index contributed by atoms with van der Waals surface area (Å²) in [6.07, 6.45) is 0. The van der Waals surface area contributed by atoms with Gasteiger partial charge in [0.05, 0.1) is 21.9 Å². The first-order valence-electron chi connectivity index (χ1n) is 26.7. The molecule has 3 aliphatic carbocycles. The number of furan rings is 1. The molecule has 0 amide bonds. The Morgan fingerprint density at radius 3 is 1.34 bits per heavy atom. The van der Waals surface area contributed by atoms with Gasteiger partial charge < -0.3 is 13.9 Å². The quantitative estimate of drug-likeness (QED) is 0.166. The first-order valence-corrected chi connectivity index (χ1v) is 26.7. The molecule has 3 aliphatic rings. The number of anilines is 3. The highest BCUT2D eigenvalue weighted by molar-refractivity contribution is 6.12. The Morgan fingerprint density at radius 2 is 0.714 bits per heavy atom. The molecule has 0 fully saturated rings. The van der Waals surface area contributed by atoms with Crippen LogP contribution in [0.3, 0.4) is 0 Å². The molecule has 3 heteroatoms. The molecule has 1 spiro atoms. The minimum absolute atomic E-state index is 0.501. The fourth-order valence-corrected chi connectivity index (χ4v) is 14.5. The van der Waals surface area contributed by atoms with Crippen LogP contribution >= 0.6 is 0 Å². The summed E-state index contributed by atoms with van der Waals surface area (Å²) in [6.45, 7) is 0. The van der Waals surface area contributed by atoms with Crippen LogP contribution in [-0.4, -0.2) is 4.57 Å². The molecule has 0 N–H and O–H groups in total. The van der Waals surface area contributed by atoms with Crippen molar-refractivity contribution in [3.05, 3.63) is 324 Å². The topological polar surface area (TPSA) is 21.3 Å². The van der Waals surface area contributed by atoms with Gasteiger partial charge in [0.15, 0.2) is 0 Å². The molecule has 0 saturated carbocycles. The van der Waals surface area contributed by atoms with Crippen molar-refractivity contribution in [3.63, 3.8) is 0 Å². The van der Waals surface area contributed by atoms with Crippen molar-refractivity contribution in [3.8, 4) is 39.1 Å². The SMILES string of the molecule is c1ccc(-n2c3ccc(N(c4ccc5c(c4)C4(c6ccccc6-c6ccccc64)c4ccccc4-5)c4ccc5c(c4)oc4ccccc45)cc3c3cc(C4(c5ccccc5)c5ccccc5-c5ccccc54)ccc32)cc1. The van der Waals surface area contributed by atoms with E-state index >= 15 is 0 Å². The maximum atomic E-state index is 6.69. The van der Waals surface area contributed by atoms with Crippen molar-refractivity contribution in [2.75, 3.05) is 4.90 Å². The fraction of sp³-hybridized carbons (Fsp3) is 0.0270. The van der Waals surface area contributed by atoms with Gasteiger partial charge in [0.25, 0.3) is 0 Å².